The molecule has 1 amide bonds. The number of thiazole rings is 1. The molecule has 0 fully saturated rings. The van der Waals surface area contributed by atoms with Crippen LogP contribution in [0.15, 0.2) is 47.5 Å². The lowest BCUT2D eigenvalue weighted by Gasteiger charge is -2.06. The highest BCUT2D eigenvalue weighted by Gasteiger charge is 2.10. The van der Waals surface area contributed by atoms with Crippen LogP contribution in [0.5, 0.6) is 5.75 Å². The van der Waals surface area contributed by atoms with E-state index < -0.39 is 0 Å². The average molecular weight is 385 g/mol. The molecule has 0 unspecified atom stereocenters. The van der Waals surface area contributed by atoms with Crippen LogP contribution in [0.4, 0.5) is 0 Å². The second kappa shape index (κ2) is 8.97. The zero-order valence-electron chi connectivity index (χ0n) is 15.9. The van der Waals surface area contributed by atoms with Gasteiger partial charge in [-0.2, -0.15) is 4.99 Å². The summed E-state index contributed by atoms with van der Waals surface area (Å²) in [5, 5.41) is 0. The van der Waals surface area contributed by atoms with E-state index in [1.807, 2.05) is 60.9 Å². The van der Waals surface area contributed by atoms with Crippen LogP contribution in [0.2, 0.25) is 0 Å². The van der Waals surface area contributed by atoms with E-state index >= 15 is 0 Å². The van der Waals surface area contributed by atoms with Crippen LogP contribution < -0.4 is 9.54 Å². The fourth-order valence-electron chi connectivity index (χ4n) is 2.93. The van der Waals surface area contributed by atoms with E-state index in [2.05, 4.69) is 4.99 Å². The molecule has 0 aliphatic rings. The molecule has 1 aromatic heterocycles. The van der Waals surface area contributed by atoms with Crippen molar-refractivity contribution < 1.29 is 14.3 Å². The summed E-state index contributed by atoms with van der Waals surface area (Å²) in [4.78, 5) is 17.6. The van der Waals surface area contributed by atoms with Crippen LogP contribution >= 0.6 is 11.3 Å². The Morgan fingerprint density at radius 2 is 2.07 bits per heavy atom. The van der Waals surface area contributed by atoms with E-state index in [1.165, 1.54) is 11.3 Å². The number of carbonyl (C=O) groups excluding carboxylic acids is 1. The van der Waals surface area contributed by atoms with Crippen molar-refractivity contribution in [3.63, 3.8) is 0 Å². The lowest BCUT2D eigenvalue weighted by molar-refractivity contribution is -0.117. The van der Waals surface area contributed by atoms with Gasteiger partial charge in [-0.05, 0) is 37.6 Å². The van der Waals surface area contributed by atoms with E-state index in [-0.39, 0.29) is 5.91 Å². The second-order valence-corrected chi connectivity index (χ2v) is 7.25. The van der Waals surface area contributed by atoms with Gasteiger partial charge in [0.2, 0.25) is 0 Å². The fourth-order valence-corrected chi connectivity index (χ4v) is 4.03. The number of ether oxygens (including phenoxy) is 2. The summed E-state index contributed by atoms with van der Waals surface area (Å²) in [6, 6.07) is 13.9. The van der Waals surface area contributed by atoms with E-state index in [4.69, 9.17) is 9.47 Å². The first kappa shape index (κ1) is 19.3. The number of amides is 1. The Bertz CT molecular complexity index is 1000. The average Bonchev–Trinajstić information content (AvgIpc) is 2.98. The highest BCUT2D eigenvalue weighted by molar-refractivity contribution is 7.16. The Morgan fingerprint density at radius 1 is 1.22 bits per heavy atom. The molecule has 27 heavy (non-hydrogen) atoms. The fraction of sp³-hybridized carbons (Fsp3) is 0.333. The first-order valence-electron chi connectivity index (χ1n) is 8.99. The van der Waals surface area contributed by atoms with Crippen molar-refractivity contribution in [1.29, 1.82) is 0 Å². The predicted molar refractivity (Wildman–Crippen MR) is 108 cm³/mol. The summed E-state index contributed by atoms with van der Waals surface area (Å²) in [7, 11) is 1.65. The molecule has 0 bridgehead atoms. The molecule has 3 aromatic rings. The molecule has 0 aliphatic heterocycles. The minimum absolute atomic E-state index is 0.149. The van der Waals surface area contributed by atoms with Crippen molar-refractivity contribution in [2.24, 2.45) is 4.99 Å². The molecule has 0 aliphatic carbocycles. The molecule has 1 heterocycles. The van der Waals surface area contributed by atoms with Crippen molar-refractivity contribution in [3.8, 4) is 5.75 Å². The number of aromatic nitrogens is 1. The minimum Gasteiger partial charge on any atom is -0.497 e. The number of aryl methyl sites for hydroxylation is 1. The summed E-state index contributed by atoms with van der Waals surface area (Å²) >= 11 is 1.49. The van der Waals surface area contributed by atoms with Gasteiger partial charge in [0.05, 0.1) is 30.4 Å². The smallest absolute Gasteiger partial charge is 0.252 e. The Kier molecular flexibility index (Phi) is 6.42. The van der Waals surface area contributed by atoms with Crippen molar-refractivity contribution in [2.75, 3.05) is 20.3 Å². The molecule has 2 aromatic carbocycles. The van der Waals surface area contributed by atoms with Crippen LogP contribution in [0.25, 0.3) is 10.2 Å². The molecule has 6 heteroatoms. The number of methoxy groups -OCH3 is 1. The zero-order chi connectivity index (χ0) is 19.2. The molecule has 0 saturated heterocycles. The number of rotatable bonds is 7. The molecule has 5 nitrogen and oxygen atoms in total. The number of hydrogen-bond acceptors (Lipinski definition) is 4. The van der Waals surface area contributed by atoms with Gasteiger partial charge in [0.25, 0.3) is 5.91 Å². The Labute approximate surface area is 162 Å². The maximum absolute atomic E-state index is 12.5. The third kappa shape index (κ3) is 4.84. The van der Waals surface area contributed by atoms with Crippen LogP contribution in [0, 0.1) is 6.92 Å². The largest absolute Gasteiger partial charge is 0.497 e. The minimum atomic E-state index is -0.149. The molecule has 142 valence electrons. The molecular formula is C21H24N2O3S. The van der Waals surface area contributed by atoms with Gasteiger partial charge in [-0.25, -0.2) is 0 Å². The number of fused-ring (bicyclic) bond motifs is 1. The second-order valence-electron chi connectivity index (χ2n) is 6.24. The third-order valence-electron chi connectivity index (χ3n) is 4.21. The van der Waals surface area contributed by atoms with Gasteiger partial charge >= 0.3 is 0 Å². The van der Waals surface area contributed by atoms with Gasteiger partial charge in [-0.3, -0.25) is 4.79 Å². The van der Waals surface area contributed by atoms with Crippen molar-refractivity contribution in [1.82, 2.24) is 4.57 Å². The molecule has 3 rings (SSSR count). The Hall–Kier alpha value is -2.44. The summed E-state index contributed by atoms with van der Waals surface area (Å²) in [6.07, 6.45) is 0.296. The lowest BCUT2D eigenvalue weighted by atomic mass is 10.1. The van der Waals surface area contributed by atoms with Gasteiger partial charge in [0.15, 0.2) is 4.80 Å². The van der Waals surface area contributed by atoms with E-state index in [9.17, 15) is 4.79 Å². The van der Waals surface area contributed by atoms with Gasteiger partial charge in [-0.15, -0.1) is 0 Å². The number of carbonyl (C=O) groups is 1. The SMILES string of the molecule is CCOCCn1c(=NC(=O)Cc2cccc(C)c2)sc2cc(OC)ccc21. The quantitative estimate of drug-likeness (QED) is 0.583. The molecule has 0 atom stereocenters. The first-order chi connectivity index (χ1) is 13.1. The Balaban J connectivity index is 1.95. The monoisotopic (exact) mass is 384 g/mol. The van der Waals surface area contributed by atoms with Crippen molar-refractivity contribution in [3.05, 3.63) is 58.4 Å². The molecule has 0 N–H and O–H groups in total. The summed E-state index contributed by atoms with van der Waals surface area (Å²) in [5.74, 6) is 0.641. The van der Waals surface area contributed by atoms with Gasteiger partial charge in [0.1, 0.15) is 5.75 Å². The maximum Gasteiger partial charge on any atom is 0.252 e. The molecule has 0 saturated carbocycles. The van der Waals surface area contributed by atoms with E-state index in [1.54, 1.807) is 7.11 Å². The van der Waals surface area contributed by atoms with Crippen LogP contribution in [0.3, 0.4) is 0 Å². The zero-order valence-corrected chi connectivity index (χ0v) is 16.7. The topological polar surface area (TPSA) is 52.8 Å². The molecular weight excluding hydrogens is 360 g/mol. The molecule has 0 spiro atoms. The first-order valence-corrected chi connectivity index (χ1v) is 9.80. The van der Waals surface area contributed by atoms with E-state index in [0.29, 0.717) is 31.0 Å². The maximum atomic E-state index is 12.5. The summed E-state index contributed by atoms with van der Waals surface area (Å²) in [5.41, 5.74) is 3.15. The van der Waals surface area contributed by atoms with Crippen molar-refractivity contribution in [2.45, 2.75) is 26.8 Å². The highest BCUT2D eigenvalue weighted by atomic mass is 32.1. The highest BCUT2D eigenvalue weighted by Crippen LogP contribution is 2.23. The standard InChI is InChI=1S/C21H24N2O3S/c1-4-26-11-10-23-18-9-8-17(25-3)14-19(18)27-21(23)22-20(24)13-16-7-5-6-15(2)12-16/h5-9,12,14H,4,10-11,13H2,1-3H3. The molecule has 0 radical (unpaired) electrons. The van der Waals surface area contributed by atoms with Crippen LogP contribution in [-0.4, -0.2) is 30.8 Å². The number of hydrogen-bond donors (Lipinski definition) is 0. The van der Waals surface area contributed by atoms with Gasteiger partial charge < -0.3 is 14.0 Å². The van der Waals surface area contributed by atoms with Gasteiger partial charge in [-0.1, -0.05) is 41.2 Å². The predicted octanol–water partition coefficient (Wildman–Crippen LogP) is 3.73. The number of nitrogens with zero attached hydrogens (tertiary/aromatic N) is 2. The lowest BCUT2D eigenvalue weighted by Crippen LogP contribution is -2.20. The van der Waals surface area contributed by atoms with Crippen molar-refractivity contribution >= 4 is 27.5 Å². The third-order valence-corrected chi connectivity index (χ3v) is 5.25. The number of benzene rings is 2. The van der Waals surface area contributed by atoms with Crippen LogP contribution in [0.1, 0.15) is 18.1 Å². The Morgan fingerprint density at radius 3 is 2.81 bits per heavy atom. The normalized spacial score (nSPS) is 11.9. The van der Waals surface area contributed by atoms with Crippen LogP contribution in [-0.2, 0) is 22.5 Å². The van der Waals surface area contributed by atoms with E-state index in [0.717, 1.165) is 27.1 Å². The summed E-state index contributed by atoms with van der Waals surface area (Å²) in [6.45, 7) is 5.88. The summed E-state index contributed by atoms with van der Waals surface area (Å²) < 4.78 is 13.9. The van der Waals surface area contributed by atoms with Gasteiger partial charge in [0, 0.05) is 13.2 Å².